The number of carbonyl (C=O) groups is 1. The predicted octanol–water partition coefficient (Wildman–Crippen LogP) is 2.89. The van der Waals surface area contributed by atoms with Crippen LogP contribution >= 0.6 is 12.2 Å². The van der Waals surface area contributed by atoms with Gasteiger partial charge in [0.2, 0.25) is 0 Å². The molecule has 2 atom stereocenters. The van der Waals surface area contributed by atoms with Gasteiger partial charge in [0, 0.05) is 29.1 Å². The van der Waals surface area contributed by atoms with Crippen LogP contribution in [-0.4, -0.2) is 49.6 Å². The summed E-state index contributed by atoms with van der Waals surface area (Å²) in [5.74, 6) is 0.122. The second-order valence-electron chi connectivity index (χ2n) is 7.67. The fraction of sp³-hybridized carbons (Fsp3) is 0.500. The number of aromatic amines is 1. The zero-order valence-corrected chi connectivity index (χ0v) is 15.5. The summed E-state index contributed by atoms with van der Waals surface area (Å²) in [5.41, 5.74) is 3.22. The average Bonchev–Trinajstić information content (AvgIpc) is 3.16. The van der Waals surface area contributed by atoms with E-state index in [1.165, 1.54) is 6.42 Å². The van der Waals surface area contributed by atoms with Crippen molar-refractivity contribution in [1.82, 2.24) is 14.8 Å². The molecule has 2 fully saturated rings. The number of aromatic nitrogens is 1. The zero-order chi connectivity index (χ0) is 17.8. The summed E-state index contributed by atoms with van der Waals surface area (Å²) in [7, 11) is 0. The molecule has 6 heteroatoms. The lowest BCUT2D eigenvalue weighted by Crippen LogP contribution is -2.45. The monoisotopic (exact) mass is 369 g/mol. The van der Waals surface area contributed by atoms with Crippen molar-refractivity contribution in [3.8, 4) is 0 Å². The molecule has 1 amide bonds. The highest BCUT2D eigenvalue weighted by molar-refractivity contribution is 7.80. The number of aliphatic hydroxyl groups excluding tert-OH is 1. The third kappa shape index (κ3) is 2.18. The number of nitrogens with one attached hydrogen (secondary N) is 1. The predicted molar refractivity (Wildman–Crippen MR) is 104 cm³/mol. The number of thiocarbonyl (C=S) groups is 1. The number of para-hydroxylation sites is 1. The number of hydrogen-bond acceptors (Lipinski definition) is 3. The Kier molecular flexibility index (Phi) is 3.79. The van der Waals surface area contributed by atoms with Crippen molar-refractivity contribution >= 4 is 34.1 Å². The van der Waals surface area contributed by atoms with Crippen LogP contribution in [0.4, 0.5) is 0 Å². The first kappa shape index (κ1) is 16.3. The molecule has 5 rings (SSSR count). The second-order valence-corrected chi connectivity index (χ2v) is 8.04. The van der Waals surface area contributed by atoms with E-state index in [1.807, 2.05) is 28.0 Å². The SMILES string of the molecule is O=C1C2Cc3c([nH]c4ccccc34)C(CO)N2C(=S)N1C1CCCCC1. The van der Waals surface area contributed by atoms with Gasteiger partial charge in [-0.15, -0.1) is 0 Å². The number of H-pyrrole nitrogens is 1. The van der Waals surface area contributed by atoms with Gasteiger partial charge in [-0.05, 0) is 36.7 Å². The van der Waals surface area contributed by atoms with Gasteiger partial charge >= 0.3 is 0 Å². The highest BCUT2D eigenvalue weighted by atomic mass is 32.1. The van der Waals surface area contributed by atoms with Crippen LogP contribution in [-0.2, 0) is 11.2 Å². The molecule has 3 aliphatic rings. The molecule has 26 heavy (non-hydrogen) atoms. The third-order valence-corrected chi connectivity index (χ3v) is 6.72. The molecular formula is C20H23N3O2S. The van der Waals surface area contributed by atoms with Crippen molar-refractivity contribution < 1.29 is 9.90 Å². The first-order chi connectivity index (χ1) is 12.7. The van der Waals surface area contributed by atoms with Crippen LogP contribution in [0.25, 0.3) is 10.9 Å². The van der Waals surface area contributed by atoms with Gasteiger partial charge in [-0.1, -0.05) is 37.5 Å². The fourth-order valence-corrected chi connectivity index (χ4v) is 5.57. The normalized spacial score (nSPS) is 26.5. The van der Waals surface area contributed by atoms with Crippen molar-refractivity contribution in [1.29, 1.82) is 0 Å². The van der Waals surface area contributed by atoms with E-state index in [2.05, 4.69) is 11.1 Å². The molecule has 1 aliphatic carbocycles. The fourth-order valence-electron chi connectivity index (χ4n) is 5.08. The number of amides is 1. The van der Waals surface area contributed by atoms with Crippen molar-refractivity contribution in [2.45, 2.75) is 56.7 Å². The lowest BCUT2D eigenvalue weighted by atomic mass is 9.92. The van der Waals surface area contributed by atoms with E-state index in [1.54, 1.807) is 0 Å². The minimum absolute atomic E-state index is 0.0533. The van der Waals surface area contributed by atoms with Crippen LogP contribution in [0.3, 0.4) is 0 Å². The quantitative estimate of drug-likeness (QED) is 0.799. The Bertz CT molecular complexity index is 886. The number of hydrogen-bond donors (Lipinski definition) is 2. The Hall–Kier alpha value is -1.92. The van der Waals surface area contributed by atoms with Crippen molar-refractivity contribution in [3.63, 3.8) is 0 Å². The van der Waals surface area contributed by atoms with Gasteiger partial charge in [0.05, 0.1) is 12.6 Å². The minimum Gasteiger partial charge on any atom is -0.394 e. The van der Waals surface area contributed by atoms with Gasteiger partial charge in [-0.3, -0.25) is 9.69 Å². The molecule has 0 radical (unpaired) electrons. The van der Waals surface area contributed by atoms with E-state index >= 15 is 0 Å². The zero-order valence-electron chi connectivity index (χ0n) is 14.6. The molecule has 2 N–H and O–H groups in total. The van der Waals surface area contributed by atoms with E-state index in [0.717, 1.165) is 47.8 Å². The van der Waals surface area contributed by atoms with Crippen molar-refractivity contribution in [2.24, 2.45) is 0 Å². The molecule has 1 saturated carbocycles. The van der Waals surface area contributed by atoms with Crippen LogP contribution in [0.2, 0.25) is 0 Å². The Morgan fingerprint density at radius 3 is 2.73 bits per heavy atom. The summed E-state index contributed by atoms with van der Waals surface area (Å²) in [6.07, 6.45) is 6.28. The summed E-state index contributed by atoms with van der Waals surface area (Å²) < 4.78 is 0. The molecule has 1 aromatic carbocycles. The summed E-state index contributed by atoms with van der Waals surface area (Å²) >= 11 is 5.76. The van der Waals surface area contributed by atoms with Crippen LogP contribution < -0.4 is 0 Å². The maximum absolute atomic E-state index is 13.3. The number of aliphatic hydroxyl groups is 1. The largest absolute Gasteiger partial charge is 0.394 e. The van der Waals surface area contributed by atoms with Crippen LogP contribution in [0.15, 0.2) is 24.3 Å². The van der Waals surface area contributed by atoms with Crippen LogP contribution in [0, 0.1) is 0 Å². The Balaban J connectivity index is 1.57. The molecule has 0 bridgehead atoms. The number of nitrogens with zero attached hydrogens (tertiary/aromatic N) is 2. The molecule has 5 nitrogen and oxygen atoms in total. The molecule has 1 saturated heterocycles. The highest BCUT2D eigenvalue weighted by Gasteiger charge is 2.51. The molecule has 136 valence electrons. The molecule has 2 aromatic rings. The molecule has 2 aliphatic heterocycles. The van der Waals surface area contributed by atoms with E-state index in [0.29, 0.717) is 11.5 Å². The average molecular weight is 369 g/mol. The maximum atomic E-state index is 13.3. The van der Waals surface area contributed by atoms with Gasteiger partial charge in [-0.2, -0.15) is 0 Å². The summed E-state index contributed by atoms with van der Waals surface area (Å²) in [6, 6.07) is 7.82. The van der Waals surface area contributed by atoms with Crippen LogP contribution in [0.5, 0.6) is 0 Å². The maximum Gasteiger partial charge on any atom is 0.252 e. The third-order valence-electron chi connectivity index (χ3n) is 6.31. The van der Waals surface area contributed by atoms with Gasteiger partial charge in [0.15, 0.2) is 5.11 Å². The summed E-state index contributed by atoms with van der Waals surface area (Å²) in [5, 5.41) is 11.9. The Morgan fingerprint density at radius 1 is 1.19 bits per heavy atom. The highest BCUT2D eigenvalue weighted by Crippen LogP contribution is 2.42. The molecule has 1 aromatic heterocycles. The van der Waals surface area contributed by atoms with Gasteiger partial charge < -0.3 is 15.0 Å². The summed E-state index contributed by atoms with van der Waals surface area (Å²) in [6.45, 7) is -0.0533. The number of benzene rings is 1. The number of fused-ring (bicyclic) bond motifs is 4. The number of carbonyl (C=O) groups excluding carboxylic acids is 1. The standard InChI is InChI=1S/C20H23N3O2S/c24-11-17-18-14(13-8-4-5-9-15(13)21-18)10-16-19(25)22(20(26)23(16)17)12-6-2-1-3-7-12/h4-5,8-9,12,16-17,21,24H,1-3,6-7,10-11H2. The van der Waals surface area contributed by atoms with Gasteiger partial charge in [0.1, 0.15) is 6.04 Å². The molecule has 2 unspecified atom stereocenters. The van der Waals surface area contributed by atoms with Gasteiger partial charge in [-0.25, -0.2) is 0 Å². The van der Waals surface area contributed by atoms with E-state index < -0.39 is 0 Å². The first-order valence-corrected chi connectivity index (χ1v) is 9.97. The molecule has 0 spiro atoms. The van der Waals surface area contributed by atoms with E-state index in [-0.39, 0.29) is 30.6 Å². The first-order valence-electron chi connectivity index (χ1n) is 9.56. The second kappa shape index (κ2) is 6.06. The van der Waals surface area contributed by atoms with Crippen molar-refractivity contribution in [2.75, 3.05) is 6.61 Å². The molecular weight excluding hydrogens is 346 g/mol. The number of rotatable bonds is 2. The Labute approximate surface area is 158 Å². The lowest BCUT2D eigenvalue weighted by Gasteiger charge is -2.36. The van der Waals surface area contributed by atoms with E-state index in [9.17, 15) is 9.90 Å². The van der Waals surface area contributed by atoms with Crippen molar-refractivity contribution in [3.05, 3.63) is 35.5 Å². The Morgan fingerprint density at radius 2 is 1.96 bits per heavy atom. The topological polar surface area (TPSA) is 59.6 Å². The summed E-state index contributed by atoms with van der Waals surface area (Å²) in [4.78, 5) is 20.6. The minimum atomic E-state index is -0.284. The van der Waals surface area contributed by atoms with Crippen LogP contribution in [0.1, 0.15) is 49.4 Å². The van der Waals surface area contributed by atoms with E-state index in [4.69, 9.17) is 12.2 Å². The van der Waals surface area contributed by atoms with Gasteiger partial charge in [0.25, 0.3) is 5.91 Å². The lowest BCUT2D eigenvalue weighted by molar-refractivity contribution is -0.130. The smallest absolute Gasteiger partial charge is 0.252 e. The molecule has 3 heterocycles.